The summed E-state index contributed by atoms with van der Waals surface area (Å²) in [5.74, 6) is 0.901. The second kappa shape index (κ2) is 3.82. The Kier molecular flexibility index (Phi) is 2.52. The van der Waals surface area contributed by atoms with E-state index in [1.54, 1.807) is 4.63 Å². The largest absolute Gasteiger partial charge is 0.280 e. The van der Waals surface area contributed by atoms with Crippen molar-refractivity contribution in [3.63, 3.8) is 0 Å². The zero-order valence-electron chi connectivity index (χ0n) is 8.75. The van der Waals surface area contributed by atoms with Crippen LogP contribution in [-0.2, 0) is 12.8 Å². The molecular formula is C10H16N4. The molecule has 0 unspecified atom stereocenters. The van der Waals surface area contributed by atoms with Crippen molar-refractivity contribution in [2.45, 2.75) is 39.5 Å². The average molecular weight is 192 g/mol. The number of nitrogens with zero attached hydrogens (tertiary/aromatic N) is 3. The molecule has 4 heteroatoms. The topological polar surface area (TPSA) is 46.0 Å². The van der Waals surface area contributed by atoms with E-state index < -0.39 is 0 Å². The summed E-state index contributed by atoms with van der Waals surface area (Å²) in [5, 5.41) is 7.54. The maximum absolute atomic E-state index is 4.38. The SMILES string of the molecule is CCCCc1cc2nc(CC)nn2[nH]1. The number of rotatable bonds is 4. The molecule has 2 rings (SSSR count). The Hall–Kier alpha value is -1.32. The number of hydrogen-bond donors (Lipinski definition) is 1. The molecule has 0 aliphatic carbocycles. The summed E-state index contributed by atoms with van der Waals surface area (Å²) < 4.78 is 1.77. The van der Waals surface area contributed by atoms with Gasteiger partial charge in [-0.25, -0.2) is 4.98 Å². The summed E-state index contributed by atoms with van der Waals surface area (Å²) in [6, 6.07) is 2.09. The molecule has 0 saturated heterocycles. The molecule has 0 fully saturated rings. The van der Waals surface area contributed by atoms with Gasteiger partial charge < -0.3 is 0 Å². The van der Waals surface area contributed by atoms with E-state index >= 15 is 0 Å². The molecule has 0 aromatic carbocycles. The molecule has 0 aliphatic rings. The predicted molar refractivity (Wildman–Crippen MR) is 55.3 cm³/mol. The first kappa shape index (κ1) is 9.24. The first-order valence-corrected chi connectivity index (χ1v) is 5.27. The van der Waals surface area contributed by atoms with Crippen molar-refractivity contribution in [1.82, 2.24) is 19.8 Å². The van der Waals surface area contributed by atoms with Crippen LogP contribution in [0.5, 0.6) is 0 Å². The third-order valence-corrected chi connectivity index (χ3v) is 2.34. The highest BCUT2D eigenvalue weighted by atomic mass is 15.5. The summed E-state index contributed by atoms with van der Waals surface area (Å²) in [4.78, 5) is 4.38. The van der Waals surface area contributed by atoms with Gasteiger partial charge in [-0.05, 0) is 12.8 Å². The van der Waals surface area contributed by atoms with E-state index in [2.05, 4.69) is 35.1 Å². The fourth-order valence-corrected chi connectivity index (χ4v) is 1.51. The van der Waals surface area contributed by atoms with Crippen LogP contribution in [-0.4, -0.2) is 19.8 Å². The standard InChI is InChI=1S/C10H16N4/c1-3-5-6-8-7-10-11-9(4-2)13-14(10)12-8/h7,12H,3-6H2,1-2H3. The lowest BCUT2D eigenvalue weighted by Gasteiger charge is -1.92. The van der Waals surface area contributed by atoms with Crippen molar-refractivity contribution in [3.05, 3.63) is 17.6 Å². The summed E-state index contributed by atoms with van der Waals surface area (Å²) in [6.45, 7) is 4.26. The predicted octanol–water partition coefficient (Wildman–Crippen LogP) is 1.96. The lowest BCUT2D eigenvalue weighted by molar-refractivity contribution is 0.727. The van der Waals surface area contributed by atoms with Crippen LogP contribution in [0.2, 0.25) is 0 Å². The number of aromatic amines is 1. The van der Waals surface area contributed by atoms with Gasteiger partial charge in [-0.2, -0.15) is 4.63 Å². The Bertz CT molecular complexity index is 381. The van der Waals surface area contributed by atoms with Gasteiger partial charge in [0.05, 0.1) is 0 Å². The number of hydrogen-bond acceptors (Lipinski definition) is 2. The summed E-state index contributed by atoms with van der Waals surface area (Å²) >= 11 is 0. The molecule has 0 aliphatic heterocycles. The van der Waals surface area contributed by atoms with Crippen LogP contribution in [0.3, 0.4) is 0 Å². The minimum atomic E-state index is 0.889. The molecule has 1 N–H and O–H groups in total. The molecule has 2 aromatic heterocycles. The molecule has 14 heavy (non-hydrogen) atoms. The van der Waals surface area contributed by atoms with Crippen LogP contribution in [0.1, 0.15) is 38.2 Å². The molecule has 0 saturated carbocycles. The van der Waals surface area contributed by atoms with Crippen molar-refractivity contribution in [1.29, 1.82) is 0 Å². The van der Waals surface area contributed by atoms with E-state index in [1.165, 1.54) is 18.5 Å². The fraction of sp³-hybridized carbons (Fsp3) is 0.600. The summed E-state index contributed by atoms with van der Waals surface area (Å²) in [6.07, 6.45) is 4.40. The Morgan fingerprint density at radius 2 is 2.29 bits per heavy atom. The minimum Gasteiger partial charge on any atom is -0.280 e. The van der Waals surface area contributed by atoms with Gasteiger partial charge in [-0.1, -0.05) is 20.3 Å². The normalized spacial score (nSPS) is 11.3. The van der Waals surface area contributed by atoms with Crippen molar-refractivity contribution in [2.24, 2.45) is 0 Å². The highest BCUT2D eigenvalue weighted by molar-refractivity contribution is 5.38. The van der Waals surface area contributed by atoms with Gasteiger partial charge >= 0.3 is 0 Å². The number of aromatic nitrogens is 4. The maximum atomic E-state index is 4.38. The van der Waals surface area contributed by atoms with Crippen molar-refractivity contribution in [2.75, 3.05) is 0 Å². The molecule has 0 radical (unpaired) electrons. The quantitative estimate of drug-likeness (QED) is 0.805. The molecule has 76 valence electrons. The van der Waals surface area contributed by atoms with Gasteiger partial charge in [0, 0.05) is 18.2 Å². The second-order valence-electron chi connectivity index (χ2n) is 3.54. The highest BCUT2D eigenvalue weighted by Gasteiger charge is 2.04. The Morgan fingerprint density at radius 3 is 2.93 bits per heavy atom. The first-order chi connectivity index (χ1) is 6.83. The Balaban J connectivity index is 2.21. The first-order valence-electron chi connectivity index (χ1n) is 5.27. The fourth-order valence-electron chi connectivity index (χ4n) is 1.51. The van der Waals surface area contributed by atoms with Crippen LogP contribution >= 0.6 is 0 Å². The molecular weight excluding hydrogens is 176 g/mol. The van der Waals surface area contributed by atoms with E-state index in [-0.39, 0.29) is 0 Å². The molecule has 0 bridgehead atoms. The number of nitrogens with one attached hydrogen (secondary N) is 1. The van der Waals surface area contributed by atoms with Gasteiger partial charge in [0.2, 0.25) is 0 Å². The van der Waals surface area contributed by atoms with Crippen LogP contribution in [0, 0.1) is 0 Å². The minimum absolute atomic E-state index is 0.889. The lowest BCUT2D eigenvalue weighted by Crippen LogP contribution is -1.92. The molecule has 2 aromatic rings. The lowest BCUT2D eigenvalue weighted by atomic mass is 10.2. The number of H-pyrrole nitrogens is 1. The van der Waals surface area contributed by atoms with Crippen LogP contribution in [0.15, 0.2) is 6.07 Å². The smallest absolute Gasteiger partial charge is 0.175 e. The van der Waals surface area contributed by atoms with Crippen molar-refractivity contribution >= 4 is 5.65 Å². The second-order valence-corrected chi connectivity index (χ2v) is 3.54. The maximum Gasteiger partial charge on any atom is 0.175 e. The Morgan fingerprint density at radius 1 is 1.43 bits per heavy atom. The molecule has 0 amide bonds. The molecule has 4 nitrogen and oxygen atoms in total. The van der Waals surface area contributed by atoms with Crippen molar-refractivity contribution in [3.8, 4) is 0 Å². The average Bonchev–Trinajstić information content (AvgIpc) is 2.71. The number of aryl methyl sites for hydroxylation is 2. The van der Waals surface area contributed by atoms with Crippen LogP contribution in [0.4, 0.5) is 0 Å². The van der Waals surface area contributed by atoms with E-state index in [0.29, 0.717) is 0 Å². The van der Waals surface area contributed by atoms with Gasteiger partial charge in [0.15, 0.2) is 11.5 Å². The number of unbranched alkanes of at least 4 members (excludes halogenated alkanes) is 1. The van der Waals surface area contributed by atoms with E-state index in [0.717, 1.165) is 24.3 Å². The zero-order chi connectivity index (χ0) is 9.97. The van der Waals surface area contributed by atoms with Gasteiger partial charge in [0.25, 0.3) is 0 Å². The summed E-state index contributed by atoms with van der Waals surface area (Å²) in [5.41, 5.74) is 2.16. The van der Waals surface area contributed by atoms with Crippen LogP contribution < -0.4 is 0 Å². The van der Waals surface area contributed by atoms with Gasteiger partial charge in [0.1, 0.15) is 0 Å². The third kappa shape index (κ3) is 1.64. The zero-order valence-corrected chi connectivity index (χ0v) is 8.75. The van der Waals surface area contributed by atoms with Crippen molar-refractivity contribution < 1.29 is 0 Å². The van der Waals surface area contributed by atoms with E-state index in [4.69, 9.17) is 0 Å². The highest BCUT2D eigenvalue weighted by Crippen LogP contribution is 2.07. The van der Waals surface area contributed by atoms with E-state index in [1.807, 2.05) is 0 Å². The molecule has 2 heterocycles. The van der Waals surface area contributed by atoms with Gasteiger partial charge in [-0.3, -0.25) is 5.10 Å². The summed E-state index contributed by atoms with van der Waals surface area (Å²) in [7, 11) is 0. The molecule has 0 spiro atoms. The Labute approximate surface area is 83.3 Å². The monoisotopic (exact) mass is 192 g/mol. The third-order valence-electron chi connectivity index (χ3n) is 2.34. The van der Waals surface area contributed by atoms with E-state index in [9.17, 15) is 0 Å². The number of fused-ring (bicyclic) bond motifs is 1. The molecule has 0 atom stereocenters. The van der Waals surface area contributed by atoms with Gasteiger partial charge in [-0.15, -0.1) is 5.10 Å². The van der Waals surface area contributed by atoms with Crippen LogP contribution in [0.25, 0.3) is 5.65 Å².